The van der Waals surface area contributed by atoms with Crippen LogP contribution in [0.4, 0.5) is 0 Å². The van der Waals surface area contributed by atoms with Gasteiger partial charge in [0, 0.05) is 38.0 Å². The summed E-state index contributed by atoms with van der Waals surface area (Å²) in [4.78, 5) is 12.0. The van der Waals surface area contributed by atoms with E-state index in [4.69, 9.17) is 21.0 Å². The van der Waals surface area contributed by atoms with Gasteiger partial charge in [0.1, 0.15) is 0 Å². The molecule has 0 spiro atoms. The van der Waals surface area contributed by atoms with Crippen LogP contribution in [-0.2, 0) is 11.0 Å². The number of benzene rings is 1. The predicted molar refractivity (Wildman–Crippen MR) is 142 cm³/mol. The number of aliphatic imine (C=N–C) groups is 1. The van der Waals surface area contributed by atoms with Gasteiger partial charge in [-0.3, -0.25) is 5.32 Å². The van der Waals surface area contributed by atoms with E-state index in [2.05, 4.69) is 86.2 Å². The van der Waals surface area contributed by atoms with E-state index < -0.39 is 8.32 Å². The van der Waals surface area contributed by atoms with Crippen molar-refractivity contribution in [2.24, 2.45) is 4.99 Å². The van der Waals surface area contributed by atoms with Crippen LogP contribution in [0.3, 0.4) is 0 Å². The van der Waals surface area contributed by atoms with Crippen molar-refractivity contribution in [2.75, 3.05) is 33.4 Å². The summed E-state index contributed by atoms with van der Waals surface area (Å²) in [6.45, 7) is 18.1. The van der Waals surface area contributed by atoms with Crippen LogP contribution < -0.4 is 5.32 Å². The Morgan fingerprint density at radius 3 is 2.55 bits per heavy atom. The molecule has 0 bridgehead atoms. The van der Waals surface area contributed by atoms with Crippen molar-refractivity contribution in [2.45, 2.75) is 71.5 Å². The van der Waals surface area contributed by atoms with Crippen molar-refractivity contribution in [3.8, 4) is 0 Å². The van der Waals surface area contributed by atoms with Crippen molar-refractivity contribution in [3.05, 3.63) is 46.7 Å². The molecule has 6 nitrogen and oxygen atoms in total. The molecule has 1 atom stereocenters. The molecule has 3 rings (SSSR count). The summed E-state index contributed by atoms with van der Waals surface area (Å²) in [5.74, 6) is 1.06. The molecule has 0 saturated carbocycles. The first kappa shape index (κ1) is 26.1. The fourth-order valence-electron chi connectivity index (χ4n) is 3.83. The highest BCUT2D eigenvalue weighted by molar-refractivity contribution is 6.74. The van der Waals surface area contributed by atoms with E-state index in [-0.39, 0.29) is 11.3 Å². The van der Waals surface area contributed by atoms with Gasteiger partial charge in [-0.1, -0.05) is 51.4 Å². The van der Waals surface area contributed by atoms with E-state index in [1.54, 1.807) is 0 Å². The minimum atomic E-state index is -1.70. The standard InChI is InChI=1S/C25H42ClN5OSi/c1-8-14-27-24-28-23-22(31(24)17-20-10-12-21(26)13-11-20)18-30(19-29(23)5)15-9-16-32-33(6,7)25(2,3)4/h10-13,18,24,27H,8-9,14-17,19H2,1-7H3. The lowest BCUT2D eigenvalue weighted by Gasteiger charge is -2.38. The molecule has 1 aromatic carbocycles. The van der Waals surface area contributed by atoms with Crippen LogP contribution in [0.25, 0.3) is 0 Å². The number of rotatable bonds is 10. The van der Waals surface area contributed by atoms with Crippen molar-refractivity contribution < 1.29 is 4.43 Å². The van der Waals surface area contributed by atoms with E-state index in [0.717, 1.165) is 56.6 Å². The Morgan fingerprint density at radius 2 is 1.91 bits per heavy atom. The van der Waals surface area contributed by atoms with E-state index in [1.165, 1.54) is 11.3 Å². The minimum absolute atomic E-state index is 0.0498. The quantitative estimate of drug-likeness (QED) is 0.355. The van der Waals surface area contributed by atoms with Crippen LogP contribution in [0.1, 0.15) is 46.1 Å². The van der Waals surface area contributed by atoms with Crippen LogP contribution in [0.5, 0.6) is 0 Å². The second kappa shape index (κ2) is 10.8. The topological polar surface area (TPSA) is 43.3 Å². The average molecular weight is 492 g/mol. The van der Waals surface area contributed by atoms with Gasteiger partial charge >= 0.3 is 0 Å². The van der Waals surface area contributed by atoms with Crippen LogP contribution in [0.2, 0.25) is 23.2 Å². The summed E-state index contributed by atoms with van der Waals surface area (Å²) < 4.78 is 6.39. The smallest absolute Gasteiger partial charge is 0.191 e. The first-order chi connectivity index (χ1) is 15.5. The number of amidine groups is 1. The fourth-order valence-corrected chi connectivity index (χ4v) is 5.04. The first-order valence-corrected chi connectivity index (χ1v) is 15.4. The lowest BCUT2D eigenvalue weighted by Crippen LogP contribution is -2.46. The maximum absolute atomic E-state index is 6.39. The maximum atomic E-state index is 6.39. The third-order valence-electron chi connectivity index (χ3n) is 6.84. The largest absolute Gasteiger partial charge is 0.417 e. The zero-order valence-electron chi connectivity index (χ0n) is 21.5. The molecule has 2 aliphatic heterocycles. The van der Waals surface area contributed by atoms with Crippen molar-refractivity contribution in [1.29, 1.82) is 0 Å². The number of nitrogens with one attached hydrogen (secondary N) is 1. The predicted octanol–water partition coefficient (Wildman–Crippen LogP) is 5.30. The molecule has 0 radical (unpaired) electrons. The molecule has 1 unspecified atom stereocenters. The van der Waals surface area contributed by atoms with E-state index >= 15 is 0 Å². The zero-order chi connectivity index (χ0) is 24.2. The van der Waals surface area contributed by atoms with Gasteiger partial charge in [-0.2, -0.15) is 0 Å². The molecule has 0 saturated heterocycles. The van der Waals surface area contributed by atoms with Crippen LogP contribution in [0, 0.1) is 0 Å². The van der Waals surface area contributed by atoms with Gasteiger partial charge in [0.05, 0.1) is 12.4 Å². The summed E-state index contributed by atoms with van der Waals surface area (Å²) >= 11 is 6.11. The van der Waals surface area contributed by atoms with E-state index in [0.29, 0.717) is 0 Å². The molecule has 2 heterocycles. The van der Waals surface area contributed by atoms with Crippen molar-refractivity contribution in [1.82, 2.24) is 20.0 Å². The number of likely N-dealkylation sites (N-methyl/N-ethyl adjacent to an activating group) is 1. The van der Waals surface area contributed by atoms with Gasteiger partial charge in [0.25, 0.3) is 0 Å². The Kier molecular flexibility index (Phi) is 8.54. The van der Waals surface area contributed by atoms with Crippen LogP contribution >= 0.6 is 11.6 Å². The molecule has 1 aromatic rings. The molecule has 33 heavy (non-hydrogen) atoms. The molecule has 0 fully saturated rings. The molecular formula is C25H42ClN5OSi. The van der Waals surface area contributed by atoms with Crippen LogP contribution in [0.15, 0.2) is 41.2 Å². The molecular weight excluding hydrogens is 450 g/mol. The second-order valence-corrected chi connectivity index (χ2v) is 15.9. The lowest BCUT2D eigenvalue weighted by molar-refractivity contribution is 0.204. The summed E-state index contributed by atoms with van der Waals surface area (Å²) in [5, 5.41) is 4.61. The van der Waals surface area contributed by atoms with Gasteiger partial charge in [0.15, 0.2) is 20.4 Å². The summed E-state index contributed by atoms with van der Waals surface area (Å²) in [5.41, 5.74) is 2.40. The zero-order valence-corrected chi connectivity index (χ0v) is 23.2. The van der Waals surface area contributed by atoms with Crippen molar-refractivity contribution >= 4 is 25.8 Å². The second-order valence-electron chi connectivity index (χ2n) is 10.7. The van der Waals surface area contributed by atoms with E-state index in [1.807, 2.05) is 12.1 Å². The van der Waals surface area contributed by atoms with E-state index in [9.17, 15) is 0 Å². The maximum Gasteiger partial charge on any atom is 0.191 e. The number of hydrogen-bond donors (Lipinski definition) is 1. The Hall–Kier alpha value is -1.54. The molecule has 0 amide bonds. The normalized spacial score (nSPS) is 19.0. The summed E-state index contributed by atoms with van der Waals surface area (Å²) in [6.07, 6.45) is 4.33. The Labute approximate surface area is 206 Å². The average Bonchev–Trinajstić information content (AvgIpc) is 3.08. The van der Waals surface area contributed by atoms with Crippen molar-refractivity contribution in [3.63, 3.8) is 0 Å². The molecule has 1 N–H and O–H groups in total. The highest BCUT2D eigenvalue weighted by atomic mass is 35.5. The first-order valence-electron chi connectivity index (χ1n) is 12.2. The highest BCUT2D eigenvalue weighted by Crippen LogP contribution is 2.36. The molecule has 2 aliphatic rings. The summed E-state index contributed by atoms with van der Waals surface area (Å²) in [6, 6.07) is 8.11. The Balaban J connectivity index is 1.69. The lowest BCUT2D eigenvalue weighted by atomic mass is 10.2. The Morgan fingerprint density at radius 1 is 1.21 bits per heavy atom. The van der Waals surface area contributed by atoms with Gasteiger partial charge in [-0.05, 0) is 55.2 Å². The van der Waals surface area contributed by atoms with Gasteiger partial charge in [-0.15, -0.1) is 0 Å². The SMILES string of the molecule is CCCNC1N=C2C(=CN(CCCO[Si](C)(C)C(C)(C)C)CN2C)N1Cc1ccc(Cl)cc1. The molecule has 0 aromatic heterocycles. The Bertz CT molecular complexity index is 849. The number of fused-ring (bicyclic) bond motifs is 1. The van der Waals surface area contributed by atoms with Gasteiger partial charge in [0.2, 0.25) is 0 Å². The molecule has 184 valence electrons. The highest BCUT2D eigenvalue weighted by Gasteiger charge is 2.37. The summed E-state index contributed by atoms with van der Waals surface area (Å²) in [7, 11) is 0.436. The fraction of sp³-hybridized carbons (Fsp3) is 0.640. The van der Waals surface area contributed by atoms with Gasteiger partial charge in [-0.25, -0.2) is 4.99 Å². The minimum Gasteiger partial charge on any atom is -0.417 e. The third kappa shape index (κ3) is 6.53. The number of nitrogens with zero attached hydrogens (tertiary/aromatic N) is 4. The number of hydrogen-bond acceptors (Lipinski definition) is 6. The third-order valence-corrected chi connectivity index (χ3v) is 11.6. The molecule has 0 aliphatic carbocycles. The number of halogens is 1. The van der Waals surface area contributed by atoms with Crippen LogP contribution in [-0.4, -0.2) is 68.6 Å². The van der Waals surface area contributed by atoms with Gasteiger partial charge < -0.3 is 19.1 Å². The molecule has 8 heteroatoms. The monoisotopic (exact) mass is 491 g/mol.